The molecule has 0 aromatic heterocycles. The number of nitrogen functional groups attached to an aromatic ring is 1. The second-order valence-electron chi connectivity index (χ2n) is 6.05. The molecule has 1 fully saturated rings. The Kier molecular flexibility index (Phi) is 2.54. The molecule has 0 aliphatic heterocycles. The largest absolute Gasteiger partial charge is 0.393 e. The predicted molar refractivity (Wildman–Crippen MR) is 72.5 cm³/mol. The summed E-state index contributed by atoms with van der Waals surface area (Å²) >= 11 is 0. The van der Waals surface area contributed by atoms with Crippen molar-refractivity contribution >= 4 is 17.1 Å². The number of nitrogens with two attached hydrogens (primary N) is 1. The minimum atomic E-state index is -0.468. The number of nitro groups is 1. The summed E-state index contributed by atoms with van der Waals surface area (Å²) in [5.41, 5.74) is 7.08. The molecule has 0 atom stereocenters. The van der Waals surface area contributed by atoms with Crippen LogP contribution in [-0.4, -0.2) is 11.0 Å². The Morgan fingerprint density at radius 2 is 1.83 bits per heavy atom. The van der Waals surface area contributed by atoms with Crippen LogP contribution < -0.4 is 11.1 Å². The maximum atomic E-state index is 10.7. The molecule has 0 amide bonds. The van der Waals surface area contributed by atoms with E-state index in [9.17, 15) is 10.1 Å². The van der Waals surface area contributed by atoms with Gasteiger partial charge in [-0.1, -0.05) is 27.7 Å². The van der Waals surface area contributed by atoms with Crippen molar-refractivity contribution in [2.75, 3.05) is 11.1 Å². The van der Waals surface area contributed by atoms with Crippen molar-refractivity contribution in [2.45, 2.75) is 33.7 Å². The van der Waals surface area contributed by atoms with Crippen LogP contribution in [0, 0.1) is 20.9 Å². The third-order valence-corrected chi connectivity index (χ3v) is 4.56. The molecule has 1 aromatic carbocycles. The summed E-state index contributed by atoms with van der Waals surface area (Å²) in [5.74, 6) is 0. The van der Waals surface area contributed by atoms with Crippen LogP contribution in [0.5, 0.6) is 0 Å². The van der Waals surface area contributed by atoms with Crippen molar-refractivity contribution < 1.29 is 4.92 Å². The Bertz CT molecular complexity index is 495. The van der Waals surface area contributed by atoms with Gasteiger partial charge in [0.2, 0.25) is 0 Å². The summed E-state index contributed by atoms with van der Waals surface area (Å²) in [4.78, 5) is 10.2. The molecule has 0 heterocycles. The quantitative estimate of drug-likeness (QED) is 0.490. The summed E-state index contributed by atoms with van der Waals surface area (Å²) < 4.78 is 0. The molecule has 1 saturated carbocycles. The van der Waals surface area contributed by atoms with Crippen molar-refractivity contribution in [2.24, 2.45) is 10.8 Å². The topological polar surface area (TPSA) is 81.2 Å². The minimum Gasteiger partial charge on any atom is -0.393 e. The van der Waals surface area contributed by atoms with Crippen LogP contribution in [0.4, 0.5) is 17.1 Å². The molecular weight excluding hydrogens is 230 g/mol. The number of anilines is 2. The molecule has 1 aliphatic rings. The Labute approximate surface area is 107 Å². The van der Waals surface area contributed by atoms with Gasteiger partial charge in [-0.3, -0.25) is 10.1 Å². The van der Waals surface area contributed by atoms with Gasteiger partial charge in [0.05, 0.1) is 4.92 Å². The molecule has 98 valence electrons. The molecule has 0 unspecified atom stereocenters. The van der Waals surface area contributed by atoms with Gasteiger partial charge in [-0.2, -0.15) is 0 Å². The molecule has 0 bridgehead atoms. The lowest BCUT2D eigenvalue weighted by atomic mass is 10.0. The van der Waals surface area contributed by atoms with Crippen molar-refractivity contribution in [1.29, 1.82) is 0 Å². The SMILES string of the molecule is CC1(C)C(Nc2ccc([N+](=O)[O-])c(N)c2)C1(C)C. The van der Waals surface area contributed by atoms with Gasteiger partial charge in [-0.05, 0) is 23.0 Å². The molecular formula is C13H19N3O2. The highest BCUT2D eigenvalue weighted by Crippen LogP contribution is 2.63. The third kappa shape index (κ3) is 1.70. The standard InChI is InChI=1S/C13H19N3O2/c1-12(2)11(13(12,3)4)15-8-5-6-10(16(17)18)9(14)7-8/h5-7,11,15H,14H2,1-4H3. The van der Waals surface area contributed by atoms with Crippen molar-refractivity contribution in [3.63, 3.8) is 0 Å². The first-order valence-corrected chi connectivity index (χ1v) is 5.98. The Morgan fingerprint density at radius 3 is 2.22 bits per heavy atom. The number of nitrogens with zero attached hydrogens (tertiary/aromatic N) is 1. The van der Waals surface area contributed by atoms with Crippen molar-refractivity contribution in [1.82, 2.24) is 0 Å². The van der Waals surface area contributed by atoms with E-state index >= 15 is 0 Å². The van der Waals surface area contributed by atoms with Crippen LogP contribution in [0.25, 0.3) is 0 Å². The summed E-state index contributed by atoms with van der Waals surface area (Å²) in [7, 11) is 0. The molecule has 1 aliphatic carbocycles. The predicted octanol–water partition coefficient (Wildman–Crippen LogP) is 3.02. The van der Waals surface area contributed by atoms with Crippen molar-refractivity contribution in [3.8, 4) is 0 Å². The monoisotopic (exact) mass is 249 g/mol. The van der Waals surface area contributed by atoms with Gasteiger partial charge in [-0.25, -0.2) is 0 Å². The van der Waals surface area contributed by atoms with Gasteiger partial charge in [0.25, 0.3) is 5.69 Å². The van der Waals surface area contributed by atoms with Crippen LogP contribution in [-0.2, 0) is 0 Å². The highest BCUT2D eigenvalue weighted by molar-refractivity contribution is 5.66. The molecule has 2 rings (SSSR count). The number of nitro benzene ring substituents is 1. The molecule has 1 aromatic rings. The number of nitrogens with one attached hydrogen (secondary N) is 1. The fraction of sp³-hybridized carbons (Fsp3) is 0.538. The van der Waals surface area contributed by atoms with E-state index < -0.39 is 4.92 Å². The zero-order valence-corrected chi connectivity index (χ0v) is 11.2. The summed E-state index contributed by atoms with van der Waals surface area (Å²) in [5, 5.41) is 14.1. The van der Waals surface area contributed by atoms with Gasteiger partial charge in [0.1, 0.15) is 5.69 Å². The fourth-order valence-corrected chi connectivity index (χ4v) is 2.53. The van der Waals surface area contributed by atoms with E-state index in [4.69, 9.17) is 5.73 Å². The molecule has 5 nitrogen and oxygen atoms in total. The molecule has 3 N–H and O–H groups in total. The summed E-state index contributed by atoms with van der Waals surface area (Å²) in [6.07, 6.45) is 0. The summed E-state index contributed by atoms with van der Waals surface area (Å²) in [6, 6.07) is 5.13. The van der Waals surface area contributed by atoms with Crippen LogP contribution in [0.1, 0.15) is 27.7 Å². The molecule has 18 heavy (non-hydrogen) atoms. The lowest BCUT2D eigenvalue weighted by Gasteiger charge is -2.09. The van der Waals surface area contributed by atoms with Crippen LogP contribution in [0.3, 0.4) is 0 Å². The zero-order valence-electron chi connectivity index (χ0n) is 11.2. The molecule has 0 saturated heterocycles. The molecule has 0 spiro atoms. The van der Waals surface area contributed by atoms with Crippen LogP contribution in [0.2, 0.25) is 0 Å². The van der Waals surface area contributed by atoms with E-state index in [2.05, 4.69) is 33.0 Å². The number of benzene rings is 1. The van der Waals surface area contributed by atoms with Gasteiger partial charge < -0.3 is 11.1 Å². The van der Waals surface area contributed by atoms with E-state index in [1.165, 1.54) is 6.07 Å². The lowest BCUT2D eigenvalue weighted by Crippen LogP contribution is -2.10. The Hall–Kier alpha value is -1.78. The van der Waals surface area contributed by atoms with E-state index in [1.807, 2.05) is 0 Å². The normalized spacial score (nSPS) is 20.4. The first-order chi connectivity index (χ1) is 8.18. The highest BCUT2D eigenvalue weighted by atomic mass is 16.6. The van der Waals surface area contributed by atoms with E-state index in [-0.39, 0.29) is 22.2 Å². The zero-order chi connectivity index (χ0) is 13.7. The smallest absolute Gasteiger partial charge is 0.292 e. The molecule has 0 radical (unpaired) electrons. The van der Waals surface area contributed by atoms with Gasteiger partial charge in [-0.15, -0.1) is 0 Å². The van der Waals surface area contributed by atoms with E-state index in [0.717, 1.165) is 5.69 Å². The van der Waals surface area contributed by atoms with Crippen LogP contribution in [0.15, 0.2) is 18.2 Å². The van der Waals surface area contributed by atoms with Gasteiger partial charge >= 0.3 is 0 Å². The Balaban J connectivity index is 2.18. The highest BCUT2D eigenvalue weighted by Gasteiger charge is 2.64. The van der Waals surface area contributed by atoms with Gasteiger partial charge in [0.15, 0.2) is 0 Å². The third-order valence-electron chi connectivity index (χ3n) is 4.56. The maximum absolute atomic E-state index is 10.7. The first-order valence-electron chi connectivity index (χ1n) is 5.98. The van der Waals surface area contributed by atoms with Crippen LogP contribution >= 0.6 is 0 Å². The number of hydrogen-bond donors (Lipinski definition) is 2. The minimum absolute atomic E-state index is 0.0464. The average molecular weight is 249 g/mol. The second-order valence-corrected chi connectivity index (χ2v) is 6.05. The number of hydrogen-bond acceptors (Lipinski definition) is 4. The second kappa shape index (κ2) is 3.60. The lowest BCUT2D eigenvalue weighted by molar-refractivity contribution is -0.383. The van der Waals surface area contributed by atoms with E-state index in [0.29, 0.717) is 6.04 Å². The number of rotatable bonds is 3. The van der Waals surface area contributed by atoms with Gasteiger partial charge in [0, 0.05) is 17.8 Å². The Morgan fingerprint density at radius 1 is 1.28 bits per heavy atom. The van der Waals surface area contributed by atoms with Crippen molar-refractivity contribution in [3.05, 3.63) is 28.3 Å². The molecule has 5 heteroatoms. The summed E-state index contributed by atoms with van der Waals surface area (Å²) in [6.45, 7) is 8.83. The maximum Gasteiger partial charge on any atom is 0.292 e. The fourth-order valence-electron chi connectivity index (χ4n) is 2.53. The first kappa shape index (κ1) is 12.7. The van der Waals surface area contributed by atoms with E-state index in [1.54, 1.807) is 12.1 Å². The average Bonchev–Trinajstić information content (AvgIpc) is 2.60.